The number of hydrogen-bond donors (Lipinski definition) is 3. The molecule has 0 radical (unpaired) electrons. The van der Waals surface area contributed by atoms with E-state index in [1.807, 2.05) is 6.92 Å². The van der Waals surface area contributed by atoms with Crippen LogP contribution in [-0.2, 0) is 8.98 Å². The zero-order chi connectivity index (χ0) is 13.1. The largest absolute Gasteiger partial charge is 0.396 e. The van der Waals surface area contributed by atoms with Gasteiger partial charge in [-0.05, 0) is 12.8 Å². The van der Waals surface area contributed by atoms with E-state index in [0.29, 0.717) is 0 Å². The quantitative estimate of drug-likeness (QED) is 0.316. The predicted octanol–water partition coefficient (Wildman–Crippen LogP) is 1.24. The minimum atomic E-state index is -1.41. The lowest BCUT2D eigenvalue weighted by atomic mass is 9.87. The first-order valence-electron chi connectivity index (χ1n) is 5.16. The topological polar surface area (TPSA) is 87.0 Å². The lowest BCUT2D eigenvalue weighted by Gasteiger charge is -2.25. The molecule has 17 heavy (non-hydrogen) atoms. The van der Waals surface area contributed by atoms with Crippen LogP contribution in [0.2, 0.25) is 0 Å². The third-order valence-corrected chi connectivity index (χ3v) is 5.57. The highest BCUT2D eigenvalue weighted by molar-refractivity contribution is 9.08. The first kappa shape index (κ1) is 17.4. The van der Waals surface area contributed by atoms with Crippen molar-refractivity contribution < 1.29 is 24.3 Å². The zero-order valence-electron chi connectivity index (χ0n) is 9.63. The molecule has 5 nitrogen and oxygen atoms in total. The molecule has 0 unspecified atom stereocenters. The Morgan fingerprint density at radius 1 is 1.29 bits per heavy atom. The molecular formula is C9H18O5S3. The Kier molecular flexibility index (Phi) is 10.6. The summed E-state index contributed by atoms with van der Waals surface area (Å²) in [7, 11) is 2.89. The Balaban J connectivity index is 4.06. The van der Waals surface area contributed by atoms with Crippen molar-refractivity contribution in [3.05, 3.63) is 0 Å². The van der Waals surface area contributed by atoms with Gasteiger partial charge in [-0.15, -0.1) is 0 Å². The molecule has 3 N–H and O–H groups in total. The number of carbonyl (C=O) groups excluding carboxylic acids is 1. The molecule has 0 fully saturated rings. The van der Waals surface area contributed by atoms with Crippen molar-refractivity contribution in [2.45, 2.75) is 19.8 Å². The van der Waals surface area contributed by atoms with Crippen LogP contribution in [0.25, 0.3) is 0 Å². The van der Waals surface area contributed by atoms with Crippen LogP contribution in [0.4, 0.5) is 0 Å². The van der Waals surface area contributed by atoms with Gasteiger partial charge in [0.05, 0.1) is 13.2 Å². The third kappa shape index (κ3) is 6.21. The van der Waals surface area contributed by atoms with E-state index in [1.54, 1.807) is 10.8 Å². The van der Waals surface area contributed by atoms with Gasteiger partial charge >= 0.3 is 5.97 Å². The van der Waals surface area contributed by atoms with Crippen molar-refractivity contribution in [2.24, 2.45) is 5.41 Å². The Bertz CT molecular complexity index is 211. The lowest BCUT2D eigenvalue weighted by molar-refractivity contribution is -0.151. The minimum absolute atomic E-state index is 0.0217. The van der Waals surface area contributed by atoms with Gasteiger partial charge in [0.25, 0.3) is 0 Å². The molecule has 0 rings (SSSR count). The Labute approximate surface area is 113 Å². The first-order chi connectivity index (χ1) is 8.16. The molecule has 0 aromatic heterocycles. The molecule has 8 heteroatoms. The van der Waals surface area contributed by atoms with Crippen LogP contribution in [-0.4, -0.2) is 46.9 Å². The van der Waals surface area contributed by atoms with Gasteiger partial charge in [-0.1, -0.05) is 17.7 Å². The molecule has 0 aliphatic heterocycles. The van der Waals surface area contributed by atoms with E-state index < -0.39 is 24.6 Å². The van der Waals surface area contributed by atoms with Crippen molar-refractivity contribution >= 4 is 37.7 Å². The number of carbonyl (C=O) groups is 1. The molecule has 0 saturated carbocycles. The van der Waals surface area contributed by atoms with E-state index in [9.17, 15) is 4.79 Å². The number of aliphatic hydroxyl groups is 3. The lowest BCUT2D eigenvalue weighted by Crippen LogP contribution is -2.40. The number of hydrogen-bond acceptors (Lipinski definition) is 8. The van der Waals surface area contributed by atoms with E-state index >= 15 is 0 Å². The van der Waals surface area contributed by atoms with Crippen LogP contribution in [0.1, 0.15) is 19.8 Å². The maximum absolute atomic E-state index is 11.7. The van der Waals surface area contributed by atoms with E-state index in [0.717, 1.165) is 23.2 Å². The van der Waals surface area contributed by atoms with Gasteiger partial charge in [0.1, 0.15) is 16.5 Å². The molecule has 0 aromatic carbocycles. The van der Waals surface area contributed by atoms with Crippen LogP contribution in [0.5, 0.6) is 0 Å². The van der Waals surface area contributed by atoms with Gasteiger partial charge in [0.2, 0.25) is 0 Å². The first-order valence-corrected chi connectivity index (χ1v) is 8.74. The molecule has 0 aliphatic carbocycles. The molecule has 0 aromatic rings. The number of aliphatic hydroxyl groups excluding tert-OH is 3. The van der Waals surface area contributed by atoms with Gasteiger partial charge in [0.15, 0.2) is 0 Å². The van der Waals surface area contributed by atoms with Crippen LogP contribution in [0.3, 0.4) is 0 Å². The fourth-order valence-electron chi connectivity index (χ4n) is 0.923. The maximum atomic E-state index is 11.7. The monoisotopic (exact) mass is 302 g/mol. The van der Waals surface area contributed by atoms with Crippen molar-refractivity contribution in [3.8, 4) is 0 Å². The Hall–Kier alpha value is 0.400. The van der Waals surface area contributed by atoms with E-state index in [4.69, 9.17) is 19.5 Å². The van der Waals surface area contributed by atoms with Crippen molar-refractivity contribution in [1.82, 2.24) is 0 Å². The summed E-state index contributed by atoms with van der Waals surface area (Å²) in [5.74, 6) is 0.253. The summed E-state index contributed by atoms with van der Waals surface area (Å²) in [5, 5.41) is 27.1. The second-order valence-electron chi connectivity index (χ2n) is 3.40. The highest BCUT2D eigenvalue weighted by atomic mass is 33.5. The molecular weight excluding hydrogens is 284 g/mol. The van der Waals surface area contributed by atoms with Gasteiger partial charge in [-0.25, -0.2) is 0 Å². The van der Waals surface area contributed by atoms with E-state index in [1.165, 1.54) is 9.83 Å². The summed E-state index contributed by atoms with van der Waals surface area (Å²) in [6.45, 7) is 0.666. The average molecular weight is 302 g/mol. The van der Waals surface area contributed by atoms with Gasteiger partial charge in [-0.2, -0.15) is 0 Å². The molecule has 0 aliphatic rings. The van der Waals surface area contributed by atoms with Crippen molar-refractivity contribution in [3.63, 3.8) is 0 Å². The minimum Gasteiger partial charge on any atom is -0.396 e. The summed E-state index contributed by atoms with van der Waals surface area (Å²) >= 11 is 0.911. The normalized spacial score (nSPS) is 11.5. The number of rotatable bonds is 10. The standard InChI is InChI=1S/C9H18O5S3/c1-2-5-15-17-16-14-8(13)9(6-11,7-12)3-4-10/h10-12H,2-7H2,1H3. The molecule has 0 spiro atoms. The van der Waals surface area contributed by atoms with Crippen LogP contribution < -0.4 is 0 Å². The summed E-state index contributed by atoms with van der Waals surface area (Å²) in [6, 6.07) is 0. The Morgan fingerprint density at radius 2 is 1.94 bits per heavy atom. The van der Waals surface area contributed by atoms with Gasteiger partial charge < -0.3 is 19.5 Å². The fourth-order valence-corrected chi connectivity index (χ4v) is 3.77. The second kappa shape index (κ2) is 10.3. The molecule has 0 heterocycles. The van der Waals surface area contributed by atoms with E-state index in [-0.39, 0.29) is 13.0 Å². The third-order valence-electron chi connectivity index (χ3n) is 2.10. The smallest absolute Gasteiger partial charge is 0.329 e. The molecule has 102 valence electrons. The fraction of sp³-hybridized carbons (Fsp3) is 0.889. The molecule has 0 saturated heterocycles. The molecule has 0 bridgehead atoms. The van der Waals surface area contributed by atoms with Gasteiger partial charge in [-0.3, -0.25) is 4.79 Å². The molecule has 0 amide bonds. The summed E-state index contributed by atoms with van der Waals surface area (Å²) in [4.78, 5) is 11.7. The van der Waals surface area contributed by atoms with Crippen LogP contribution >= 0.6 is 31.7 Å². The summed E-state index contributed by atoms with van der Waals surface area (Å²) in [5.41, 5.74) is -1.41. The van der Waals surface area contributed by atoms with Crippen LogP contribution in [0, 0.1) is 5.41 Å². The maximum Gasteiger partial charge on any atom is 0.329 e. The summed E-state index contributed by atoms with van der Waals surface area (Å²) < 4.78 is 4.88. The second-order valence-corrected chi connectivity index (χ2v) is 7.23. The molecule has 0 atom stereocenters. The SMILES string of the molecule is CCCSSSOC(=O)C(CO)(CO)CCO. The predicted molar refractivity (Wildman–Crippen MR) is 72.3 cm³/mol. The van der Waals surface area contributed by atoms with Crippen molar-refractivity contribution in [1.29, 1.82) is 0 Å². The highest BCUT2D eigenvalue weighted by Gasteiger charge is 2.39. The van der Waals surface area contributed by atoms with Gasteiger partial charge in [0, 0.05) is 22.2 Å². The highest BCUT2D eigenvalue weighted by Crippen LogP contribution is 2.37. The zero-order valence-corrected chi connectivity index (χ0v) is 12.1. The Morgan fingerprint density at radius 3 is 2.41 bits per heavy atom. The van der Waals surface area contributed by atoms with Crippen molar-refractivity contribution in [2.75, 3.05) is 25.6 Å². The summed E-state index contributed by atoms with van der Waals surface area (Å²) in [6.07, 6.45) is 1.01. The average Bonchev–Trinajstić information content (AvgIpc) is 2.35. The van der Waals surface area contributed by atoms with E-state index in [2.05, 4.69) is 0 Å². The van der Waals surface area contributed by atoms with Crippen LogP contribution in [0.15, 0.2) is 0 Å².